The van der Waals surface area contributed by atoms with E-state index >= 15 is 0 Å². The van der Waals surface area contributed by atoms with Gasteiger partial charge in [0.1, 0.15) is 12.4 Å². The minimum atomic E-state index is 0.606. The largest absolute Gasteiger partial charge is 0.489 e. The summed E-state index contributed by atoms with van der Waals surface area (Å²) in [7, 11) is 0. The van der Waals surface area contributed by atoms with E-state index in [1.54, 1.807) is 0 Å². The van der Waals surface area contributed by atoms with Gasteiger partial charge in [0.25, 0.3) is 0 Å². The molecule has 0 bridgehead atoms. The Hall–Kier alpha value is -1.83. The van der Waals surface area contributed by atoms with E-state index in [4.69, 9.17) is 4.74 Å². The lowest BCUT2D eigenvalue weighted by Crippen LogP contribution is -2.00. The number of benzene rings is 1. The third-order valence-corrected chi connectivity index (χ3v) is 2.83. The molecular weight excluding hydrogens is 210 g/mol. The summed E-state index contributed by atoms with van der Waals surface area (Å²) in [5, 5.41) is 0. The van der Waals surface area contributed by atoms with E-state index in [1.807, 2.05) is 30.5 Å². The van der Waals surface area contributed by atoms with Crippen molar-refractivity contribution >= 4 is 0 Å². The molecule has 1 aromatic carbocycles. The maximum Gasteiger partial charge on any atom is 0.126 e. The fourth-order valence-electron chi connectivity index (χ4n) is 1.81. The first-order valence-electron chi connectivity index (χ1n) is 5.92. The van der Waals surface area contributed by atoms with Crippen molar-refractivity contribution < 1.29 is 4.74 Å². The Labute approximate surface area is 102 Å². The van der Waals surface area contributed by atoms with Crippen LogP contribution in [0.3, 0.4) is 0 Å². The highest BCUT2D eigenvalue weighted by atomic mass is 16.5. The molecule has 0 saturated heterocycles. The zero-order valence-corrected chi connectivity index (χ0v) is 10.3. The van der Waals surface area contributed by atoms with Crippen LogP contribution in [0.25, 0.3) is 0 Å². The molecule has 2 rings (SSSR count). The summed E-state index contributed by atoms with van der Waals surface area (Å²) in [6, 6.07) is 12.1. The quantitative estimate of drug-likeness (QED) is 0.797. The summed E-state index contributed by atoms with van der Waals surface area (Å²) < 4.78 is 5.83. The lowest BCUT2D eigenvalue weighted by molar-refractivity contribution is 0.303. The van der Waals surface area contributed by atoms with Gasteiger partial charge in [0.15, 0.2) is 0 Å². The average Bonchev–Trinajstić information content (AvgIpc) is 2.39. The lowest BCUT2D eigenvalue weighted by Gasteiger charge is -2.11. The van der Waals surface area contributed by atoms with Crippen LogP contribution in [-0.4, -0.2) is 4.98 Å². The Morgan fingerprint density at radius 3 is 2.59 bits per heavy atom. The highest BCUT2D eigenvalue weighted by Gasteiger charge is 2.04. The van der Waals surface area contributed by atoms with Crippen LogP contribution in [0.1, 0.15) is 23.7 Å². The topological polar surface area (TPSA) is 22.1 Å². The normalized spacial score (nSPS) is 10.2. The molecule has 0 fully saturated rings. The molecule has 2 heteroatoms. The minimum absolute atomic E-state index is 0.606. The predicted octanol–water partition coefficient (Wildman–Crippen LogP) is 3.53. The van der Waals surface area contributed by atoms with Crippen molar-refractivity contribution in [3.05, 3.63) is 59.4 Å². The number of rotatable bonds is 4. The van der Waals surface area contributed by atoms with E-state index in [2.05, 4.69) is 31.0 Å². The zero-order chi connectivity index (χ0) is 12.1. The second-order valence-corrected chi connectivity index (χ2v) is 4.01. The average molecular weight is 227 g/mol. The van der Waals surface area contributed by atoms with Crippen LogP contribution < -0.4 is 4.74 Å². The summed E-state index contributed by atoms with van der Waals surface area (Å²) in [5.41, 5.74) is 3.43. The molecular formula is C15H17NO. The number of pyridine rings is 1. The Kier molecular flexibility index (Phi) is 3.76. The molecule has 2 aromatic rings. The van der Waals surface area contributed by atoms with Crippen LogP contribution >= 0.6 is 0 Å². The van der Waals surface area contributed by atoms with E-state index in [-0.39, 0.29) is 0 Å². The van der Waals surface area contributed by atoms with Gasteiger partial charge in [-0.15, -0.1) is 0 Å². The van der Waals surface area contributed by atoms with Crippen molar-refractivity contribution in [3.63, 3.8) is 0 Å². The molecule has 0 amide bonds. The van der Waals surface area contributed by atoms with Gasteiger partial charge in [-0.25, -0.2) is 0 Å². The molecule has 88 valence electrons. The third-order valence-electron chi connectivity index (χ3n) is 2.83. The van der Waals surface area contributed by atoms with Gasteiger partial charge >= 0.3 is 0 Å². The number of aryl methyl sites for hydroxylation is 1. The molecule has 0 aliphatic carbocycles. The van der Waals surface area contributed by atoms with Crippen molar-refractivity contribution in [3.8, 4) is 5.75 Å². The van der Waals surface area contributed by atoms with Crippen molar-refractivity contribution in [2.45, 2.75) is 26.9 Å². The van der Waals surface area contributed by atoms with Gasteiger partial charge in [-0.2, -0.15) is 0 Å². The highest BCUT2D eigenvalue weighted by Crippen LogP contribution is 2.20. The van der Waals surface area contributed by atoms with E-state index < -0.39 is 0 Å². The van der Waals surface area contributed by atoms with Gasteiger partial charge in [-0.3, -0.25) is 4.98 Å². The van der Waals surface area contributed by atoms with Crippen molar-refractivity contribution in [2.75, 3.05) is 0 Å². The van der Waals surface area contributed by atoms with Crippen LogP contribution in [0.5, 0.6) is 5.75 Å². The number of nitrogens with zero attached hydrogens (tertiary/aromatic N) is 1. The fraction of sp³-hybridized carbons (Fsp3) is 0.267. The molecule has 1 aromatic heterocycles. The van der Waals surface area contributed by atoms with Gasteiger partial charge in [-0.1, -0.05) is 37.3 Å². The summed E-state index contributed by atoms with van der Waals surface area (Å²) in [4.78, 5) is 4.33. The van der Waals surface area contributed by atoms with Crippen LogP contribution in [0.15, 0.2) is 42.6 Å². The Balaban J connectivity index is 2.09. The standard InChI is InChI=1S/C15H17NO/c1-3-14-12(2)15(9-10-16-14)17-11-13-7-5-4-6-8-13/h4-10H,3,11H2,1-2H3. The lowest BCUT2D eigenvalue weighted by atomic mass is 10.1. The van der Waals surface area contributed by atoms with E-state index in [1.165, 1.54) is 5.56 Å². The second kappa shape index (κ2) is 5.48. The van der Waals surface area contributed by atoms with Gasteiger partial charge in [0, 0.05) is 17.5 Å². The maximum absolute atomic E-state index is 5.83. The number of aromatic nitrogens is 1. The zero-order valence-electron chi connectivity index (χ0n) is 10.3. The van der Waals surface area contributed by atoms with Crippen LogP contribution in [0, 0.1) is 6.92 Å². The smallest absolute Gasteiger partial charge is 0.126 e. The summed E-state index contributed by atoms with van der Waals surface area (Å²) >= 11 is 0. The number of hydrogen-bond acceptors (Lipinski definition) is 2. The van der Waals surface area contributed by atoms with Gasteiger partial charge in [0.2, 0.25) is 0 Å². The molecule has 0 unspecified atom stereocenters. The summed E-state index contributed by atoms with van der Waals surface area (Å²) in [6.45, 7) is 4.78. The number of ether oxygens (including phenoxy) is 1. The Morgan fingerprint density at radius 1 is 1.12 bits per heavy atom. The highest BCUT2D eigenvalue weighted by molar-refractivity contribution is 5.34. The first-order valence-corrected chi connectivity index (χ1v) is 5.92. The van der Waals surface area contributed by atoms with E-state index in [0.29, 0.717) is 6.61 Å². The monoisotopic (exact) mass is 227 g/mol. The third kappa shape index (κ3) is 2.84. The minimum Gasteiger partial charge on any atom is -0.489 e. The van der Waals surface area contributed by atoms with Gasteiger partial charge in [-0.05, 0) is 25.0 Å². The molecule has 0 atom stereocenters. The molecule has 0 aliphatic heterocycles. The molecule has 2 nitrogen and oxygen atoms in total. The molecule has 1 heterocycles. The predicted molar refractivity (Wildman–Crippen MR) is 69.1 cm³/mol. The van der Waals surface area contributed by atoms with Gasteiger partial charge in [0.05, 0.1) is 0 Å². The first kappa shape index (κ1) is 11.6. The van der Waals surface area contributed by atoms with Crippen LogP contribution in [0.2, 0.25) is 0 Å². The van der Waals surface area contributed by atoms with Crippen LogP contribution in [-0.2, 0) is 13.0 Å². The van der Waals surface area contributed by atoms with Crippen LogP contribution in [0.4, 0.5) is 0 Å². The SMILES string of the molecule is CCc1nccc(OCc2ccccc2)c1C. The summed E-state index contributed by atoms with van der Waals surface area (Å²) in [5.74, 6) is 0.931. The maximum atomic E-state index is 5.83. The van der Waals surface area contributed by atoms with Crippen molar-refractivity contribution in [1.82, 2.24) is 4.98 Å². The van der Waals surface area contributed by atoms with Crippen molar-refractivity contribution in [1.29, 1.82) is 0 Å². The fourth-order valence-corrected chi connectivity index (χ4v) is 1.81. The molecule has 17 heavy (non-hydrogen) atoms. The molecule has 0 radical (unpaired) electrons. The molecule has 0 aliphatic rings. The Bertz CT molecular complexity index is 480. The Morgan fingerprint density at radius 2 is 1.88 bits per heavy atom. The first-order chi connectivity index (χ1) is 8.31. The van der Waals surface area contributed by atoms with Gasteiger partial charge < -0.3 is 4.74 Å². The van der Waals surface area contributed by atoms with Crippen molar-refractivity contribution in [2.24, 2.45) is 0 Å². The summed E-state index contributed by atoms with van der Waals surface area (Å²) in [6.07, 6.45) is 2.75. The molecule has 0 saturated carbocycles. The van der Waals surface area contributed by atoms with E-state index in [0.717, 1.165) is 23.4 Å². The second-order valence-electron chi connectivity index (χ2n) is 4.01. The van der Waals surface area contributed by atoms with E-state index in [9.17, 15) is 0 Å². The molecule has 0 spiro atoms. The molecule has 0 N–H and O–H groups in total. The number of hydrogen-bond donors (Lipinski definition) is 0.